The Bertz CT molecular complexity index is 300. The highest BCUT2D eigenvalue weighted by atomic mass is 127. The van der Waals surface area contributed by atoms with Crippen molar-refractivity contribution in [3.8, 4) is 0 Å². The van der Waals surface area contributed by atoms with Crippen LogP contribution in [0, 0.1) is 5.92 Å². The fourth-order valence-corrected chi connectivity index (χ4v) is 2.68. The number of likely N-dealkylation sites (tertiary alicyclic amines) is 1. The summed E-state index contributed by atoms with van der Waals surface area (Å²) in [4.78, 5) is 6.82. The van der Waals surface area contributed by atoms with Gasteiger partial charge in [0.1, 0.15) is 0 Å². The molecule has 0 aliphatic carbocycles. The molecule has 0 amide bonds. The number of ether oxygens (including phenoxy) is 1. The van der Waals surface area contributed by atoms with Gasteiger partial charge in [-0.2, -0.15) is 0 Å². The molecule has 1 heterocycles. The van der Waals surface area contributed by atoms with Gasteiger partial charge in [0, 0.05) is 39.4 Å². The molecule has 0 aromatic carbocycles. The zero-order valence-corrected chi connectivity index (χ0v) is 17.1. The minimum atomic E-state index is 0. The topological polar surface area (TPSA) is 48.9 Å². The zero-order valence-electron chi connectivity index (χ0n) is 14.7. The first-order valence-corrected chi connectivity index (χ1v) is 8.43. The number of nitrogens with zero attached hydrogens (tertiary/aromatic N) is 2. The molecule has 1 atom stereocenters. The van der Waals surface area contributed by atoms with E-state index in [-0.39, 0.29) is 24.0 Å². The average molecular weight is 426 g/mol. The third-order valence-corrected chi connectivity index (χ3v) is 3.84. The second kappa shape index (κ2) is 13.4. The van der Waals surface area contributed by atoms with Crippen molar-refractivity contribution in [2.75, 3.05) is 46.4 Å². The van der Waals surface area contributed by atoms with Crippen LogP contribution in [0.5, 0.6) is 0 Å². The van der Waals surface area contributed by atoms with Gasteiger partial charge in [0.15, 0.2) is 5.96 Å². The van der Waals surface area contributed by atoms with Crippen LogP contribution in [-0.2, 0) is 4.74 Å². The second-order valence-electron chi connectivity index (χ2n) is 6.13. The molecule has 0 bridgehead atoms. The summed E-state index contributed by atoms with van der Waals surface area (Å²) in [6.45, 7) is 12.5. The van der Waals surface area contributed by atoms with E-state index in [0.29, 0.717) is 12.0 Å². The fourth-order valence-electron chi connectivity index (χ4n) is 2.68. The van der Waals surface area contributed by atoms with E-state index in [1.165, 1.54) is 19.4 Å². The zero-order chi connectivity index (χ0) is 15.5. The molecule has 1 fully saturated rings. The predicted octanol–water partition coefficient (Wildman–Crippen LogP) is 2.32. The van der Waals surface area contributed by atoms with Crippen LogP contribution >= 0.6 is 24.0 Å². The second-order valence-corrected chi connectivity index (χ2v) is 6.13. The minimum absolute atomic E-state index is 0. The normalized spacial score (nSPS) is 19.3. The molecule has 6 heteroatoms. The number of hydrogen-bond donors (Lipinski definition) is 2. The van der Waals surface area contributed by atoms with E-state index < -0.39 is 0 Å². The van der Waals surface area contributed by atoms with Gasteiger partial charge in [0.25, 0.3) is 0 Å². The summed E-state index contributed by atoms with van der Waals surface area (Å²) < 4.78 is 5.57. The smallest absolute Gasteiger partial charge is 0.191 e. The molecule has 132 valence electrons. The van der Waals surface area contributed by atoms with E-state index in [2.05, 4.69) is 41.3 Å². The fraction of sp³-hybridized carbons (Fsp3) is 0.938. The minimum Gasteiger partial charge on any atom is -0.381 e. The van der Waals surface area contributed by atoms with Crippen molar-refractivity contribution in [2.45, 2.75) is 46.1 Å². The Balaban J connectivity index is 0.00000441. The molecule has 1 saturated heterocycles. The van der Waals surface area contributed by atoms with E-state index in [4.69, 9.17) is 4.74 Å². The van der Waals surface area contributed by atoms with Gasteiger partial charge in [0.05, 0.1) is 0 Å². The van der Waals surface area contributed by atoms with Gasteiger partial charge < -0.3 is 15.4 Å². The average Bonchev–Trinajstić information content (AvgIpc) is 2.92. The maximum atomic E-state index is 5.57. The Kier molecular flexibility index (Phi) is 13.3. The van der Waals surface area contributed by atoms with E-state index in [1.807, 2.05) is 7.05 Å². The molecule has 0 spiro atoms. The molecule has 5 nitrogen and oxygen atoms in total. The Morgan fingerprint density at radius 1 is 1.36 bits per heavy atom. The number of rotatable bonds is 9. The van der Waals surface area contributed by atoms with Crippen molar-refractivity contribution < 1.29 is 4.74 Å². The van der Waals surface area contributed by atoms with Crippen molar-refractivity contribution in [3.63, 3.8) is 0 Å². The highest BCUT2D eigenvalue weighted by Crippen LogP contribution is 2.15. The largest absolute Gasteiger partial charge is 0.381 e. The van der Waals surface area contributed by atoms with Crippen molar-refractivity contribution in [2.24, 2.45) is 10.9 Å². The van der Waals surface area contributed by atoms with Crippen LogP contribution in [0.4, 0.5) is 0 Å². The number of hydrogen-bond acceptors (Lipinski definition) is 3. The lowest BCUT2D eigenvalue weighted by atomic mass is 10.2. The van der Waals surface area contributed by atoms with E-state index in [0.717, 1.165) is 45.2 Å². The molecule has 1 unspecified atom stereocenters. The first kappa shape index (κ1) is 21.9. The molecule has 0 radical (unpaired) electrons. The lowest BCUT2D eigenvalue weighted by Gasteiger charge is -2.24. The van der Waals surface area contributed by atoms with Crippen molar-refractivity contribution >= 4 is 29.9 Å². The summed E-state index contributed by atoms with van der Waals surface area (Å²) in [6, 6.07) is 0.655. The summed E-state index contributed by atoms with van der Waals surface area (Å²) >= 11 is 0. The van der Waals surface area contributed by atoms with Crippen molar-refractivity contribution in [1.82, 2.24) is 15.5 Å². The van der Waals surface area contributed by atoms with Crippen LogP contribution in [-0.4, -0.2) is 63.3 Å². The molecule has 2 N–H and O–H groups in total. The molecule has 0 aromatic heterocycles. The molecule has 1 rings (SSSR count). The molecule has 0 aromatic rings. The van der Waals surface area contributed by atoms with Gasteiger partial charge in [-0.25, -0.2) is 0 Å². The van der Waals surface area contributed by atoms with Crippen LogP contribution in [0.15, 0.2) is 4.99 Å². The Morgan fingerprint density at radius 3 is 2.77 bits per heavy atom. The summed E-state index contributed by atoms with van der Waals surface area (Å²) in [6.07, 6.45) is 3.62. The monoisotopic (exact) mass is 426 g/mol. The van der Waals surface area contributed by atoms with Crippen molar-refractivity contribution in [3.05, 3.63) is 0 Å². The summed E-state index contributed by atoms with van der Waals surface area (Å²) in [7, 11) is 1.83. The third-order valence-electron chi connectivity index (χ3n) is 3.84. The first-order valence-electron chi connectivity index (χ1n) is 8.43. The number of guanidine groups is 1. The Morgan fingerprint density at radius 2 is 2.14 bits per heavy atom. The standard InChI is InChI=1S/C16H34N4O.HI/c1-5-20-10-6-8-15(20)12-19-16(17-4)18-9-7-11-21-13-14(2)3;/h14-15H,5-13H2,1-4H3,(H2,17,18,19);1H. The quantitative estimate of drug-likeness (QED) is 0.257. The van der Waals surface area contributed by atoms with Crippen molar-refractivity contribution in [1.29, 1.82) is 0 Å². The number of likely N-dealkylation sites (N-methyl/N-ethyl adjacent to an activating group) is 1. The van der Waals surface area contributed by atoms with Gasteiger partial charge in [-0.1, -0.05) is 20.8 Å². The lowest BCUT2D eigenvalue weighted by molar-refractivity contribution is 0.108. The van der Waals surface area contributed by atoms with Gasteiger partial charge in [-0.15, -0.1) is 24.0 Å². The molecular weight excluding hydrogens is 391 g/mol. The molecular formula is C16H35IN4O. The highest BCUT2D eigenvalue weighted by Gasteiger charge is 2.22. The van der Waals surface area contributed by atoms with Crippen LogP contribution in [0.2, 0.25) is 0 Å². The predicted molar refractivity (Wildman–Crippen MR) is 105 cm³/mol. The van der Waals surface area contributed by atoms with E-state index in [9.17, 15) is 0 Å². The molecule has 22 heavy (non-hydrogen) atoms. The third kappa shape index (κ3) is 9.15. The number of nitrogens with one attached hydrogen (secondary N) is 2. The summed E-state index contributed by atoms with van der Waals surface area (Å²) in [5, 5.41) is 6.80. The molecule has 1 aliphatic heterocycles. The van der Waals surface area contributed by atoms with Gasteiger partial charge in [-0.3, -0.25) is 9.89 Å². The maximum absolute atomic E-state index is 5.57. The van der Waals surface area contributed by atoms with Gasteiger partial charge >= 0.3 is 0 Å². The van der Waals surface area contributed by atoms with Crippen LogP contribution in [0.1, 0.15) is 40.0 Å². The molecule has 0 saturated carbocycles. The number of halogens is 1. The van der Waals surface area contributed by atoms with Gasteiger partial charge in [-0.05, 0) is 38.3 Å². The maximum Gasteiger partial charge on any atom is 0.191 e. The Labute approximate surface area is 153 Å². The number of aliphatic imine (C=N–C) groups is 1. The van der Waals surface area contributed by atoms with E-state index in [1.54, 1.807) is 0 Å². The van der Waals surface area contributed by atoms with Gasteiger partial charge in [0.2, 0.25) is 0 Å². The molecule has 1 aliphatic rings. The highest BCUT2D eigenvalue weighted by molar-refractivity contribution is 14.0. The first-order chi connectivity index (χ1) is 10.2. The Hall–Kier alpha value is -0.0800. The van der Waals surface area contributed by atoms with Crippen LogP contribution < -0.4 is 10.6 Å². The summed E-state index contributed by atoms with van der Waals surface area (Å²) in [5.41, 5.74) is 0. The van der Waals surface area contributed by atoms with Crippen LogP contribution in [0.3, 0.4) is 0 Å². The lowest BCUT2D eigenvalue weighted by Crippen LogP contribution is -2.45. The SMILES string of the molecule is CCN1CCCC1CNC(=NC)NCCCOCC(C)C.I. The summed E-state index contributed by atoms with van der Waals surface area (Å²) in [5.74, 6) is 1.52. The van der Waals surface area contributed by atoms with E-state index >= 15 is 0 Å². The van der Waals surface area contributed by atoms with Crippen LogP contribution in [0.25, 0.3) is 0 Å².